The maximum Gasteiger partial charge on any atom is 0.323 e. The third kappa shape index (κ3) is 4.79. The van der Waals surface area contributed by atoms with Gasteiger partial charge in [0.2, 0.25) is 0 Å². The molecule has 0 aromatic heterocycles. The van der Waals surface area contributed by atoms with Crippen LogP contribution < -0.4 is 0 Å². The van der Waals surface area contributed by atoms with Crippen molar-refractivity contribution in [3.8, 4) is 0 Å². The first-order chi connectivity index (χ1) is 8.90. The smallest absolute Gasteiger partial charge is 0.323 e. The molecule has 1 aromatic rings. The minimum Gasteiger partial charge on any atom is -0.481 e. The Morgan fingerprint density at radius 2 is 1.63 bits per heavy atom. The molecule has 19 heavy (non-hydrogen) atoms. The van der Waals surface area contributed by atoms with Crippen molar-refractivity contribution in [2.45, 2.75) is 13.3 Å². The zero-order valence-electron chi connectivity index (χ0n) is 10.5. The second-order valence-corrected chi connectivity index (χ2v) is 4.13. The molecule has 0 fully saturated rings. The van der Waals surface area contributed by atoms with Gasteiger partial charge >= 0.3 is 11.9 Å². The van der Waals surface area contributed by atoms with E-state index in [0.717, 1.165) is 10.5 Å². The fourth-order valence-corrected chi connectivity index (χ4v) is 1.52. The van der Waals surface area contributed by atoms with Crippen molar-refractivity contribution in [2.24, 2.45) is 0 Å². The Labute approximate surface area is 110 Å². The molecule has 1 rings (SSSR count). The van der Waals surface area contributed by atoms with Gasteiger partial charge in [-0.15, -0.1) is 0 Å². The third-order valence-corrected chi connectivity index (χ3v) is 2.51. The molecular formula is C13H15NO5. The summed E-state index contributed by atoms with van der Waals surface area (Å²) in [5.74, 6) is -2.73. The van der Waals surface area contributed by atoms with Crippen molar-refractivity contribution < 1.29 is 24.6 Å². The van der Waals surface area contributed by atoms with Crippen LogP contribution in [0, 0.1) is 6.92 Å². The maximum absolute atomic E-state index is 12.1. The van der Waals surface area contributed by atoms with E-state index in [9.17, 15) is 14.4 Å². The summed E-state index contributed by atoms with van der Waals surface area (Å²) in [5.41, 5.74) is 1.32. The van der Waals surface area contributed by atoms with Crippen LogP contribution in [0.4, 0.5) is 0 Å². The number of aliphatic carboxylic acids is 2. The predicted molar refractivity (Wildman–Crippen MR) is 67.0 cm³/mol. The number of benzene rings is 1. The van der Waals surface area contributed by atoms with Crippen LogP contribution in [0.15, 0.2) is 24.3 Å². The van der Waals surface area contributed by atoms with Crippen molar-refractivity contribution >= 4 is 17.8 Å². The highest BCUT2D eigenvalue weighted by molar-refractivity contribution is 5.96. The second-order valence-electron chi connectivity index (χ2n) is 4.13. The summed E-state index contributed by atoms with van der Waals surface area (Å²) in [6, 6.07) is 6.66. The van der Waals surface area contributed by atoms with E-state index < -0.39 is 24.4 Å². The average molecular weight is 265 g/mol. The van der Waals surface area contributed by atoms with Crippen molar-refractivity contribution in [2.75, 3.05) is 13.1 Å². The monoisotopic (exact) mass is 265 g/mol. The molecule has 0 aliphatic carbocycles. The molecule has 2 N–H and O–H groups in total. The van der Waals surface area contributed by atoms with Crippen molar-refractivity contribution in [3.63, 3.8) is 0 Å². The molecule has 0 aliphatic heterocycles. The third-order valence-electron chi connectivity index (χ3n) is 2.51. The minimum absolute atomic E-state index is 0.131. The molecule has 0 aliphatic rings. The summed E-state index contributed by atoms with van der Waals surface area (Å²) >= 11 is 0. The number of hydrogen-bond donors (Lipinski definition) is 2. The summed E-state index contributed by atoms with van der Waals surface area (Å²) < 4.78 is 0. The molecule has 6 heteroatoms. The molecule has 1 amide bonds. The van der Waals surface area contributed by atoms with Crippen LogP contribution in [0.1, 0.15) is 22.3 Å². The lowest BCUT2D eigenvalue weighted by molar-refractivity contribution is -0.140. The molecule has 6 nitrogen and oxygen atoms in total. The standard InChI is InChI=1S/C13H15NO5/c1-9-2-4-10(5-3-9)13(19)14(8-12(17)18)7-6-11(15)16/h2-5H,6-8H2,1H3,(H,15,16)(H,17,18). The van der Waals surface area contributed by atoms with Crippen molar-refractivity contribution in [1.82, 2.24) is 4.90 Å². The summed E-state index contributed by atoms with van der Waals surface area (Å²) in [5, 5.41) is 17.3. The number of carboxylic acid groups (broad SMARTS) is 2. The van der Waals surface area contributed by atoms with Gasteiger partial charge in [0, 0.05) is 12.1 Å². The first-order valence-corrected chi connectivity index (χ1v) is 5.69. The quantitative estimate of drug-likeness (QED) is 0.800. The molecule has 1 aromatic carbocycles. The van der Waals surface area contributed by atoms with Crippen LogP contribution in [-0.2, 0) is 9.59 Å². The summed E-state index contributed by atoms with van der Waals surface area (Å²) in [6.45, 7) is 1.22. The van der Waals surface area contributed by atoms with E-state index in [1.165, 1.54) is 0 Å². The predicted octanol–water partition coefficient (Wildman–Crippen LogP) is 0.997. The van der Waals surface area contributed by atoms with Crippen LogP contribution in [-0.4, -0.2) is 46.0 Å². The lowest BCUT2D eigenvalue weighted by Crippen LogP contribution is -2.37. The zero-order valence-corrected chi connectivity index (χ0v) is 10.5. The normalized spacial score (nSPS) is 9.95. The number of aryl methyl sites for hydroxylation is 1. The van der Waals surface area contributed by atoms with Crippen molar-refractivity contribution in [3.05, 3.63) is 35.4 Å². The van der Waals surface area contributed by atoms with E-state index in [1.807, 2.05) is 6.92 Å². The van der Waals surface area contributed by atoms with Crippen molar-refractivity contribution in [1.29, 1.82) is 0 Å². The molecule has 0 atom stereocenters. The van der Waals surface area contributed by atoms with Gasteiger partial charge < -0.3 is 15.1 Å². The van der Waals surface area contributed by atoms with Gasteiger partial charge in [0.15, 0.2) is 0 Å². The van der Waals surface area contributed by atoms with E-state index in [2.05, 4.69) is 0 Å². The Hall–Kier alpha value is -2.37. The molecule has 0 saturated carbocycles. The highest BCUT2D eigenvalue weighted by Gasteiger charge is 2.19. The lowest BCUT2D eigenvalue weighted by Gasteiger charge is -2.19. The average Bonchev–Trinajstić information content (AvgIpc) is 2.34. The van der Waals surface area contributed by atoms with E-state index in [4.69, 9.17) is 10.2 Å². The molecule has 0 radical (unpaired) electrons. The van der Waals surface area contributed by atoms with E-state index in [1.54, 1.807) is 24.3 Å². The molecule has 0 unspecified atom stereocenters. The number of carbonyl (C=O) groups excluding carboxylic acids is 1. The van der Waals surface area contributed by atoms with Crippen LogP contribution in [0.25, 0.3) is 0 Å². The number of rotatable bonds is 6. The first-order valence-electron chi connectivity index (χ1n) is 5.69. The topological polar surface area (TPSA) is 94.9 Å². The molecule has 0 spiro atoms. The highest BCUT2D eigenvalue weighted by Crippen LogP contribution is 2.08. The Bertz CT molecular complexity index is 480. The van der Waals surface area contributed by atoms with Gasteiger partial charge in [0.05, 0.1) is 6.42 Å². The van der Waals surface area contributed by atoms with Crippen LogP contribution in [0.2, 0.25) is 0 Å². The number of amides is 1. The summed E-state index contributed by atoms with van der Waals surface area (Å²) in [4.78, 5) is 34.3. The summed E-state index contributed by atoms with van der Waals surface area (Å²) in [6.07, 6.45) is -0.287. The SMILES string of the molecule is Cc1ccc(C(=O)N(CCC(=O)O)CC(=O)O)cc1. The number of carbonyl (C=O) groups is 3. The Kier molecular flexibility index (Phi) is 5.05. The molecule has 0 saturated heterocycles. The van der Waals surface area contributed by atoms with Crippen LogP contribution in [0.3, 0.4) is 0 Å². The first kappa shape index (κ1) is 14.7. The van der Waals surface area contributed by atoms with Gasteiger partial charge in [-0.05, 0) is 19.1 Å². The Balaban J connectivity index is 2.83. The minimum atomic E-state index is -1.18. The van der Waals surface area contributed by atoms with Gasteiger partial charge in [0.1, 0.15) is 6.54 Å². The lowest BCUT2D eigenvalue weighted by atomic mass is 10.1. The zero-order chi connectivity index (χ0) is 14.4. The van der Waals surface area contributed by atoms with Gasteiger partial charge in [0.25, 0.3) is 5.91 Å². The largest absolute Gasteiger partial charge is 0.481 e. The molecule has 102 valence electrons. The number of carboxylic acids is 2. The molecule has 0 bridgehead atoms. The van der Waals surface area contributed by atoms with Gasteiger partial charge in [-0.1, -0.05) is 17.7 Å². The van der Waals surface area contributed by atoms with Crippen LogP contribution >= 0.6 is 0 Å². The Morgan fingerprint density at radius 1 is 1.05 bits per heavy atom. The van der Waals surface area contributed by atoms with Gasteiger partial charge in [-0.2, -0.15) is 0 Å². The summed E-state index contributed by atoms with van der Waals surface area (Å²) in [7, 11) is 0. The fourth-order valence-electron chi connectivity index (χ4n) is 1.52. The van der Waals surface area contributed by atoms with Crippen LogP contribution in [0.5, 0.6) is 0 Å². The van der Waals surface area contributed by atoms with Gasteiger partial charge in [-0.25, -0.2) is 0 Å². The Morgan fingerprint density at radius 3 is 2.11 bits per heavy atom. The van der Waals surface area contributed by atoms with E-state index in [-0.39, 0.29) is 13.0 Å². The van der Waals surface area contributed by atoms with E-state index in [0.29, 0.717) is 5.56 Å². The second kappa shape index (κ2) is 6.53. The maximum atomic E-state index is 12.1. The molecular weight excluding hydrogens is 250 g/mol. The van der Waals surface area contributed by atoms with E-state index >= 15 is 0 Å². The fraction of sp³-hybridized carbons (Fsp3) is 0.308. The number of hydrogen-bond acceptors (Lipinski definition) is 3. The highest BCUT2D eigenvalue weighted by atomic mass is 16.4. The van der Waals surface area contributed by atoms with Gasteiger partial charge in [-0.3, -0.25) is 14.4 Å². The number of nitrogens with zero attached hydrogens (tertiary/aromatic N) is 1. The molecule has 0 heterocycles.